The minimum atomic E-state index is -3.65. The van der Waals surface area contributed by atoms with E-state index < -0.39 is 10.0 Å². The van der Waals surface area contributed by atoms with Crippen LogP contribution in [-0.2, 0) is 14.8 Å². The van der Waals surface area contributed by atoms with E-state index in [0.717, 1.165) is 44.0 Å². The maximum absolute atomic E-state index is 13.1. The van der Waals surface area contributed by atoms with Crippen LogP contribution in [0.2, 0.25) is 5.02 Å². The number of thioether (sulfide) groups is 1. The van der Waals surface area contributed by atoms with Crippen LogP contribution in [0, 0.1) is 5.92 Å². The number of anilines is 1. The Balaban J connectivity index is 1.67. The summed E-state index contributed by atoms with van der Waals surface area (Å²) in [6.45, 7) is 8.51. The van der Waals surface area contributed by atoms with E-state index in [1.807, 2.05) is 31.7 Å². The lowest BCUT2D eigenvalue weighted by atomic mass is 10.2. The SMILES string of the molecule is CSCC1CCN(c2ccc(Cl)cc2S(=O)(=O)NCCN2C[C@@H](C)O[C@@H](C)C2)C1. The van der Waals surface area contributed by atoms with Crippen molar-refractivity contribution in [3.63, 3.8) is 0 Å². The standard InChI is InChI=1S/C20H32ClN3O3S2/c1-15-11-23(12-16(2)27-15)9-7-22-29(25,26)20-10-18(21)4-5-19(20)24-8-6-17(13-24)14-28-3/h4-5,10,15-17,22H,6-9,11-14H2,1-3H3/t15-,16+,17?. The van der Waals surface area contributed by atoms with Gasteiger partial charge in [-0.1, -0.05) is 11.6 Å². The Labute approximate surface area is 184 Å². The summed E-state index contributed by atoms with van der Waals surface area (Å²) in [5.74, 6) is 1.69. The van der Waals surface area contributed by atoms with Gasteiger partial charge in [0.25, 0.3) is 0 Å². The number of morpholine rings is 1. The Bertz CT molecular complexity index is 783. The zero-order chi connectivity index (χ0) is 21.0. The van der Waals surface area contributed by atoms with E-state index >= 15 is 0 Å². The molecular weight excluding hydrogens is 430 g/mol. The minimum Gasteiger partial charge on any atom is -0.373 e. The summed E-state index contributed by atoms with van der Waals surface area (Å²) < 4.78 is 34.7. The smallest absolute Gasteiger partial charge is 0.242 e. The lowest BCUT2D eigenvalue weighted by molar-refractivity contribution is -0.0671. The molecule has 2 aliphatic heterocycles. The van der Waals surface area contributed by atoms with Crippen molar-refractivity contribution in [3.8, 4) is 0 Å². The zero-order valence-corrected chi connectivity index (χ0v) is 19.8. The molecule has 3 atom stereocenters. The van der Waals surface area contributed by atoms with Crippen LogP contribution in [-0.4, -0.2) is 76.8 Å². The lowest BCUT2D eigenvalue weighted by Gasteiger charge is -2.35. The molecule has 2 heterocycles. The van der Waals surface area contributed by atoms with Gasteiger partial charge in [-0.05, 0) is 56.4 Å². The Morgan fingerprint density at radius 2 is 1.97 bits per heavy atom. The van der Waals surface area contributed by atoms with Crippen molar-refractivity contribution in [2.24, 2.45) is 5.92 Å². The summed E-state index contributed by atoms with van der Waals surface area (Å²) in [5.41, 5.74) is 0.749. The van der Waals surface area contributed by atoms with Gasteiger partial charge in [0.2, 0.25) is 10.0 Å². The molecule has 1 aromatic rings. The van der Waals surface area contributed by atoms with Gasteiger partial charge >= 0.3 is 0 Å². The third kappa shape index (κ3) is 6.24. The highest BCUT2D eigenvalue weighted by Crippen LogP contribution is 2.32. The predicted molar refractivity (Wildman–Crippen MR) is 122 cm³/mol. The number of benzene rings is 1. The van der Waals surface area contributed by atoms with Crippen LogP contribution < -0.4 is 9.62 Å². The number of rotatable bonds is 8. The van der Waals surface area contributed by atoms with Crippen LogP contribution in [0.4, 0.5) is 5.69 Å². The number of hydrogen-bond acceptors (Lipinski definition) is 6. The second-order valence-corrected chi connectivity index (χ2v) is 11.2. The second kappa shape index (κ2) is 10.2. The van der Waals surface area contributed by atoms with Crippen LogP contribution in [0.15, 0.2) is 23.1 Å². The van der Waals surface area contributed by atoms with Crippen molar-refractivity contribution in [1.82, 2.24) is 9.62 Å². The highest BCUT2D eigenvalue weighted by Gasteiger charge is 2.28. The molecule has 0 radical (unpaired) electrons. The summed E-state index contributed by atoms with van der Waals surface area (Å²) in [4.78, 5) is 4.70. The Hall–Kier alpha value is -0.510. The number of sulfonamides is 1. The zero-order valence-electron chi connectivity index (χ0n) is 17.4. The Morgan fingerprint density at radius 3 is 2.66 bits per heavy atom. The van der Waals surface area contributed by atoms with Gasteiger partial charge in [0.1, 0.15) is 4.90 Å². The second-order valence-electron chi connectivity index (χ2n) is 8.08. The van der Waals surface area contributed by atoms with Crippen molar-refractivity contribution in [2.45, 2.75) is 37.4 Å². The normalized spacial score (nSPS) is 26.2. The summed E-state index contributed by atoms with van der Waals surface area (Å²) in [5, 5.41) is 0.435. The van der Waals surface area contributed by atoms with Crippen molar-refractivity contribution < 1.29 is 13.2 Å². The fraction of sp³-hybridized carbons (Fsp3) is 0.700. The molecule has 1 unspecified atom stereocenters. The van der Waals surface area contributed by atoms with Gasteiger partial charge in [-0.3, -0.25) is 4.90 Å². The largest absolute Gasteiger partial charge is 0.373 e. The van der Waals surface area contributed by atoms with E-state index in [1.165, 1.54) is 0 Å². The number of halogens is 1. The van der Waals surface area contributed by atoms with Crippen LogP contribution in [0.5, 0.6) is 0 Å². The third-order valence-electron chi connectivity index (χ3n) is 5.46. The average Bonchev–Trinajstić information content (AvgIpc) is 3.09. The summed E-state index contributed by atoms with van der Waals surface area (Å²) in [7, 11) is -3.65. The molecule has 29 heavy (non-hydrogen) atoms. The summed E-state index contributed by atoms with van der Waals surface area (Å²) in [6.07, 6.45) is 3.53. The van der Waals surface area contributed by atoms with Gasteiger partial charge in [0.15, 0.2) is 0 Å². The Kier molecular flexibility index (Phi) is 8.14. The molecule has 2 saturated heterocycles. The van der Waals surface area contributed by atoms with Gasteiger partial charge < -0.3 is 9.64 Å². The molecule has 164 valence electrons. The molecule has 2 aliphatic rings. The van der Waals surface area contributed by atoms with Gasteiger partial charge in [0.05, 0.1) is 17.9 Å². The molecule has 0 saturated carbocycles. The predicted octanol–water partition coefficient (Wildman–Crippen LogP) is 2.92. The van der Waals surface area contributed by atoms with Gasteiger partial charge in [-0.25, -0.2) is 13.1 Å². The van der Waals surface area contributed by atoms with Crippen LogP contribution >= 0.6 is 23.4 Å². The molecular formula is C20H32ClN3O3S2. The number of hydrogen-bond donors (Lipinski definition) is 1. The quantitative estimate of drug-likeness (QED) is 0.642. The van der Waals surface area contributed by atoms with E-state index in [4.69, 9.17) is 16.3 Å². The van der Waals surface area contributed by atoms with Gasteiger partial charge in [0, 0.05) is 44.3 Å². The minimum absolute atomic E-state index is 0.166. The Morgan fingerprint density at radius 1 is 1.24 bits per heavy atom. The van der Waals surface area contributed by atoms with E-state index in [0.29, 0.717) is 24.0 Å². The molecule has 0 spiro atoms. The first-order valence-electron chi connectivity index (χ1n) is 10.2. The number of nitrogens with zero attached hydrogens (tertiary/aromatic N) is 2. The van der Waals surface area contributed by atoms with E-state index in [-0.39, 0.29) is 17.1 Å². The molecule has 9 heteroatoms. The van der Waals surface area contributed by atoms with Gasteiger partial charge in [-0.2, -0.15) is 11.8 Å². The highest BCUT2D eigenvalue weighted by molar-refractivity contribution is 7.98. The molecule has 6 nitrogen and oxygen atoms in total. The van der Waals surface area contributed by atoms with E-state index in [1.54, 1.807) is 12.1 Å². The third-order valence-corrected chi connectivity index (χ3v) is 7.99. The van der Waals surface area contributed by atoms with Gasteiger partial charge in [-0.15, -0.1) is 0 Å². The van der Waals surface area contributed by atoms with Crippen molar-refractivity contribution in [1.29, 1.82) is 0 Å². The molecule has 1 aromatic carbocycles. The van der Waals surface area contributed by atoms with Crippen molar-refractivity contribution in [2.75, 3.05) is 56.2 Å². The monoisotopic (exact) mass is 461 g/mol. The maximum Gasteiger partial charge on any atom is 0.242 e. The van der Waals surface area contributed by atoms with Crippen molar-refractivity contribution >= 4 is 39.1 Å². The van der Waals surface area contributed by atoms with Crippen molar-refractivity contribution in [3.05, 3.63) is 23.2 Å². The molecule has 0 aromatic heterocycles. The fourth-order valence-electron chi connectivity index (χ4n) is 4.27. The molecule has 3 rings (SSSR count). The molecule has 0 amide bonds. The van der Waals surface area contributed by atoms with E-state index in [2.05, 4.69) is 20.8 Å². The van der Waals surface area contributed by atoms with Crippen LogP contribution in [0.1, 0.15) is 20.3 Å². The van der Waals surface area contributed by atoms with Crippen LogP contribution in [0.3, 0.4) is 0 Å². The first kappa shape index (κ1) is 23.2. The molecule has 0 bridgehead atoms. The number of ether oxygens (including phenoxy) is 1. The molecule has 0 aliphatic carbocycles. The molecule has 2 fully saturated rings. The van der Waals surface area contributed by atoms with E-state index in [9.17, 15) is 8.42 Å². The summed E-state index contributed by atoms with van der Waals surface area (Å²) >= 11 is 8.00. The first-order chi connectivity index (χ1) is 13.8. The number of nitrogens with one attached hydrogen (secondary N) is 1. The van der Waals surface area contributed by atoms with Crippen LogP contribution in [0.25, 0.3) is 0 Å². The fourth-order valence-corrected chi connectivity index (χ4v) is 6.52. The first-order valence-corrected chi connectivity index (χ1v) is 13.4. The molecule has 1 N–H and O–H groups in total. The highest BCUT2D eigenvalue weighted by atomic mass is 35.5. The average molecular weight is 462 g/mol. The summed E-state index contributed by atoms with van der Waals surface area (Å²) in [6, 6.07) is 5.18. The topological polar surface area (TPSA) is 61.9 Å². The maximum atomic E-state index is 13.1. The lowest BCUT2D eigenvalue weighted by Crippen LogP contribution is -2.47.